The zero-order valence-electron chi connectivity index (χ0n) is 11.1. The van der Waals surface area contributed by atoms with Crippen LogP contribution in [0.15, 0.2) is 22.6 Å². The summed E-state index contributed by atoms with van der Waals surface area (Å²) in [6, 6.07) is 5.06. The van der Waals surface area contributed by atoms with Gasteiger partial charge in [0.1, 0.15) is 11.1 Å². The lowest BCUT2D eigenvalue weighted by atomic mass is 9.82. The molecule has 0 saturated heterocycles. The molecule has 4 nitrogen and oxygen atoms in total. The van der Waals surface area contributed by atoms with E-state index >= 15 is 0 Å². The largest absolute Gasteiger partial charge is 0.478 e. The predicted molar refractivity (Wildman–Crippen MR) is 71.3 cm³/mol. The lowest BCUT2D eigenvalue weighted by Crippen LogP contribution is -2.15. The summed E-state index contributed by atoms with van der Waals surface area (Å²) < 4.78 is 5.79. The summed E-state index contributed by atoms with van der Waals surface area (Å²) in [6.07, 6.45) is 3.38. The van der Waals surface area contributed by atoms with Gasteiger partial charge in [0, 0.05) is 5.92 Å². The number of carboxylic acid groups (broad SMARTS) is 1. The molecular weight excluding hydrogens is 242 g/mol. The summed E-state index contributed by atoms with van der Waals surface area (Å²) in [6.45, 7) is 4.44. The van der Waals surface area contributed by atoms with Crippen molar-refractivity contribution in [3.63, 3.8) is 0 Å². The molecule has 1 N–H and O–H groups in total. The Labute approximate surface area is 111 Å². The molecule has 3 rings (SSSR count). The molecule has 1 unspecified atom stereocenters. The fraction of sp³-hybridized carbons (Fsp3) is 0.467. The molecule has 0 radical (unpaired) electrons. The SMILES string of the molecule is CC1(C)CCCC1c1nc2cccc(C(=O)O)c2o1. The molecular formula is C15H17NO3. The summed E-state index contributed by atoms with van der Waals surface area (Å²) in [5.41, 5.74) is 1.39. The third kappa shape index (κ3) is 1.91. The topological polar surface area (TPSA) is 63.3 Å². The first-order valence-electron chi connectivity index (χ1n) is 6.62. The van der Waals surface area contributed by atoms with Crippen LogP contribution in [0.4, 0.5) is 0 Å². The molecule has 1 aromatic heterocycles. The Morgan fingerprint density at radius 1 is 1.47 bits per heavy atom. The van der Waals surface area contributed by atoms with Crippen LogP contribution >= 0.6 is 0 Å². The van der Waals surface area contributed by atoms with Crippen LogP contribution in [-0.2, 0) is 0 Å². The minimum atomic E-state index is -0.973. The standard InChI is InChI=1S/C15H17NO3/c1-15(2)8-4-6-10(15)13-16-11-7-3-5-9(14(17)18)12(11)19-13/h3,5,7,10H,4,6,8H2,1-2H3,(H,17,18). The number of para-hydroxylation sites is 1. The molecule has 0 amide bonds. The van der Waals surface area contributed by atoms with Gasteiger partial charge in [-0.3, -0.25) is 0 Å². The monoisotopic (exact) mass is 259 g/mol. The highest BCUT2D eigenvalue weighted by atomic mass is 16.4. The number of aromatic carboxylic acids is 1. The van der Waals surface area contributed by atoms with Crippen LogP contribution in [0.3, 0.4) is 0 Å². The lowest BCUT2D eigenvalue weighted by Gasteiger charge is -2.23. The molecule has 1 heterocycles. The molecule has 1 aliphatic carbocycles. The van der Waals surface area contributed by atoms with E-state index in [0.717, 1.165) is 12.8 Å². The number of aromatic nitrogens is 1. The van der Waals surface area contributed by atoms with Crippen molar-refractivity contribution in [2.45, 2.75) is 39.0 Å². The maximum atomic E-state index is 11.2. The van der Waals surface area contributed by atoms with Gasteiger partial charge in [-0.25, -0.2) is 9.78 Å². The molecule has 1 aromatic carbocycles. The minimum Gasteiger partial charge on any atom is -0.478 e. The van der Waals surface area contributed by atoms with Crippen LogP contribution in [0.25, 0.3) is 11.1 Å². The van der Waals surface area contributed by atoms with E-state index < -0.39 is 5.97 Å². The van der Waals surface area contributed by atoms with Crippen molar-refractivity contribution < 1.29 is 14.3 Å². The molecule has 1 aliphatic rings. The van der Waals surface area contributed by atoms with Crippen LogP contribution in [0, 0.1) is 5.41 Å². The number of carbonyl (C=O) groups is 1. The Balaban J connectivity index is 2.12. The number of fused-ring (bicyclic) bond motifs is 1. The van der Waals surface area contributed by atoms with Crippen molar-refractivity contribution in [2.24, 2.45) is 5.41 Å². The Morgan fingerprint density at radius 3 is 2.89 bits per heavy atom. The van der Waals surface area contributed by atoms with E-state index in [1.165, 1.54) is 6.42 Å². The van der Waals surface area contributed by atoms with Gasteiger partial charge in [0.25, 0.3) is 0 Å². The summed E-state index contributed by atoms with van der Waals surface area (Å²) >= 11 is 0. The highest BCUT2D eigenvalue weighted by Gasteiger charge is 2.38. The summed E-state index contributed by atoms with van der Waals surface area (Å²) in [5, 5.41) is 9.17. The molecule has 0 spiro atoms. The summed E-state index contributed by atoms with van der Waals surface area (Å²) in [7, 11) is 0. The molecule has 0 aliphatic heterocycles. The fourth-order valence-corrected chi connectivity index (χ4v) is 3.07. The smallest absolute Gasteiger partial charge is 0.339 e. The fourth-order valence-electron chi connectivity index (χ4n) is 3.07. The Hall–Kier alpha value is -1.84. The Bertz CT molecular complexity index is 642. The lowest BCUT2D eigenvalue weighted by molar-refractivity contribution is 0.0698. The van der Waals surface area contributed by atoms with Gasteiger partial charge in [0.2, 0.25) is 0 Å². The number of hydrogen-bond acceptors (Lipinski definition) is 3. The van der Waals surface area contributed by atoms with Crippen LogP contribution in [0.2, 0.25) is 0 Å². The zero-order chi connectivity index (χ0) is 13.6. The van der Waals surface area contributed by atoms with Gasteiger partial charge in [0.15, 0.2) is 11.5 Å². The van der Waals surface area contributed by atoms with Gasteiger partial charge in [0.05, 0.1) is 0 Å². The predicted octanol–water partition coefficient (Wildman–Crippen LogP) is 3.82. The van der Waals surface area contributed by atoms with Crippen LogP contribution < -0.4 is 0 Å². The van der Waals surface area contributed by atoms with E-state index in [4.69, 9.17) is 4.42 Å². The first kappa shape index (κ1) is 12.2. The van der Waals surface area contributed by atoms with Crippen molar-refractivity contribution in [2.75, 3.05) is 0 Å². The maximum absolute atomic E-state index is 11.2. The van der Waals surface area contributed by atoms with Crippen molar-refractivity contribution >= 4 is 17.1 Å². The zero-order valence-corrected chi connectivity index (χ0v) is 11.1. The first-order chi connectivity index (χ1) is 8.99. The second-order valence-corrected chi connectivity index (χ2v) is 5.94. The van der Waals surface area contributed by atoms with Crippen molar-refractivity contribution in [1.82, 2.24) is 4.98 Å². The number of oxazole rings is 1. The van der Waals surface area contributed by atoms with E-state index in [2.05, 4.69) is 18.8 Å². The average molecular weight is 259 g/mol. The molecule has 1 saturated carbocycles. The molecule has 4 heteroatoms. The highest BCUT2D eigenvalue weighted by molar-refractivity contribution is 5.99. The van der Waals surface area contributed by atoms with Gasteiger partial charge < -0.3 is 9.52 Å². The number of rotatable bonds is 2. The van der Waals surface area contributed by atoms with E-state index in [0.29, 0.717) is 17.0 Å². The highest BCUT2D eigenvalue weighted by Crippen LogP contribution is 2.48. The number of hydrogen-bond donors (Lipinski definition) is 1. The quantitative estimate of drug-likeness (QED) is 0.890. The second-order valence-electron chi connectivity index (χ2n) is 5.94. The number of nitrogens with zero attached hydrogens (tertiary/aromatic N) is 1. The molecule has 19 heavy (non-hydrogen) atoms. The molecule has 1 atom stereocenters. The average Bonchev–Trinajstić information content (AvgIpc) is 2.90. The summed E-state index contributed by atoms with van der Waals surface area (Å²) in [5.74, 6) is -0.00766. The number of benzene rings is 1. The minimum absolute atomic E-state index is 0.171. The third-order valence-electron chi connectivity index (χ3n) is 4.22. The number of carboxylic acids is 1. The van der Waals surface area contributed by atoms with Gasteiger partial charge in [-0.2, -0.15) is 0 Å². The van der Waals surface area contributed by atoms with E-state index in [-0.39, 0.29) is 16.9 Å². The van der Waals surface area contributed by atoms with Gasteiger partial charge >= 0.3 is 5.97 Å². The van der Waals surface area contributed by atoms with E-state index in [9.17, 15) is 9.90 Å². The molecule has 2 aromatic rings. The van der Waals surface area contributed by atoms with Crippen LogP contribution in [0.5, 0.6) is 0 Å². The van der Waals surface area contributed by atoms with Gasteiger partial charge in [-0.15, -0.1) is 0 Å². The van der Waals surface area contributed by atoms with Crippen LogP contribution in [0.1, 0.15) is 55.3 Å². The van der Waals surface area contributed by atoms with Crippen LogP contribution in [-0.4, -0.2) is 16.1 Å². The molecule has 0 bridgehead atoms. The van der Waals surface area contributed by atoms with Crippen molar-refractivity contribution in [1.29, 1.82) is 0 Å². The van der Waals surface area contributed by atoms with Crippen molar-refractivity contribution in [3.05, 3.63) is 29.7 Å². The van der Waals surface area contributed by atoms with E-state index in [1.807, 2.05) is 0 Å². The molecule has 100 valence electrons. The molecule has 1 fully saturated rings. The van der Waals surface area contributed by atoms with Crippen molar-refractivity contribution in [3.8, 4) is 0 Å². The van der Waals surface area contributed by atoms with Gasteiger partial charge in [-0.05, 0) is 30.4 Å². The van der Waals surface area contributed by atoms with E-state index in [1.54, 1.807) is 18.2 Å². The maximum Gasteiger partial charge on any atom is 0.339 e. The third-order valence-corrected chi connectivity index (χ3v) is 4.22. The Morgan fingerprint density at radius 2 is 2.26 bits per heavy atom. The normalized spacial score (nSPS) is 21.9. The Kier molecular flexibility index (Phi) is 2.62. The summed E-state index contributed by atoms with van der Waals surface area (Å²) in [4.78, 5) is 15.7. The first-order valence-corrected chi connectivity index (χ1v) is 6.62. The van der Waals surface area contributed by atoms with Gasteiger partial charge in [-0.1, -0.05) is 26.3 Å². The second kappa shape index (κ2) is 4.08.